The van der Waals surface area contributed by atoms with Crippen LogP contribution in [-0.2, 0) is 0 Å². The molecule has 0 amide bonds. The predicted molar refractivity (Wildman–Crippen MR) is 59.6 cm³/mol. The standard InChI is InChI=1S/C9H7IN2O2/c1-5-8(10)12-4-6(9(13)14)2-3-7(12)11-5/h2-4H,1H3,(H,13,14). The summed E-state index contributed by atoms with van der Waals surface area (Å²) >= 11 is 2.15. The van der Waals surface area contributed by atoms with Crippen LogP contribution in [0.2, 0.25) is 0 Å². The van der Waals surface area contributed by atoms with Gasteiger partial charge in [0.25, 0.3) is 0 Å². The molecule has 14 heavy (non-hydrogen) atoms. The second-order valence-electron chi connectivity index (χ2n) is 2.94. The number of carbonyl (C=O) groups is 1. The lowest BCUT2D eigenvalue weighted by Gasteiger charge is -1.97. The Morgan fingerprint density at radius 3 is 2.93 bits per heavy atom. The maximum atomic E-state index is 10.7. The number of aromatic carboxylic acids is 1. The highest BCUT2D eigenvalue weighted by atomic mass is 127. The predicted octanol–water partition coefficient (Wildman–Crippen LogP) is 1.95. The third-order valence-electron chi connectivity index (χ3n) is 1.97. The second-order valence-corrected chi connectivity index (χ2v) is 3.96. The minimum atomic E-state index is -0.922. The maximum Gasteiger partial charge on any atom is 0.337 e. The average molecular weight is 302 g/mol. The number of pyridine rings is 1. The molecule has 0 radical (unpaired) electrons. The minimum absolute atomic E-state index is 0.271. The number of aryl methyl sites for hydroxylation is 1. The van der Waals surface area contributed by atoms with E-state index in [1.54, 1.807) is 22.7 Å². The molecule has 5 heteroatoms. The molecule has 2 heterocycles. The van der Waals surface area contributed by atoms with E-state index in [0.29, 0.717) is 0 Å². The summed E-state index contributed by atoms with van der Waals surface area (Å²) in [6, 6.07) is 3.26. The first-order chi connectivity index (χ1) is 6.59. The van der Waals surface area contributed by atoms with Crippen molar-refractivity contribution in [2.75, 3.05) is 0 Å². The summed E-state index contributed by atoms with van der Waals surface area (Å²) in [5.41, 5.74) is 1.96. The van der Waals surface area contributed by atoms with E-state index in [0.717, 1.165) is 15.0 Å². The summed E-state index contributed by atoms with van der Waals surface area (Å²) < 4.78 is 2.72. The lowest BCUT2D eigenvalue weighted by Crippen LogP contribution is -1.99. The summed E-state index contributed by atoms with van der Waals surface area (Å²) in [4.78, 5) is 15.0. The highest BCUT2D eigenvalue weighted by Gasteiger charge is 2.08. The van der Waals surface area contributed by atoms with E-state index in [-0.39, 0.29) is 5.56 Å². The molecule has 0 aliphatic heterocycles. The number of halogens is 1. The lowest BCUT2D eigenvalue weighted by atomic mass is 10.3. The molecular weight excluding hydrogens is 295 g/mol. The van der Waals surface area contributed by atoms with Gasteiger partial charge in [-0.15, -0.1) is 0 Å². The van der Waals surface area contributed by atoms with E-state index in [2.05, 4.69) is 27.6 Å². The summed E-state index contributed by atoms with van der Waals surface area (Å²) in [7, 11) is 0. The highest BCUT2D eigenvalue weighted by Crippen LogP contribution is 2.15. The van der Waals surface area contributed by atoms with Gasteiger partial charge in [-0.3, -0.25) is 4.40 Å². The van der Waals surface area contributed by atoms with Gasteiger partial charge in [0.15, 0.2) is 0 Å². The number of nitrogens with zero attached hydrogens (tertiary/aromatic N) is 2. The number of aromatic nitrogens is 2. The molecule has 0 aliphatic carbocycles. The first-order valence-electron chi connectivity index (χ1n) is 3.97. The summed E-state index contributed by atoms with van der Waals surface area (Å²) in [6.45, 7) is 1.90. The van der Waals surface area contributed by atoms with Crippen LogP contribution in [0.4, 0.5) is 0 Å². The van der Waals surface area contributed by atoms with Crippen molar-refractivity contribution in [3.8, 4) is 0 Å². The van der Waals surface area contributed by atoms with Crippen LogP contribution in [0.3, 0.4) is 0 Å². The van der Waals surface area contributed by atoms with Crippen LogP contribution in [0.5, 0.6) is 0 Å². The number of carboxylic acid groups (broad SMARTS) is 1. The quantitative estimate of drug-likeness (QED) is 0.819. The van der Waals surface area contributed by atoms with Crippen molar-refractivity contribution in [3.05, 3.63) is 33.3 Å². The second kappa shape index (κ2) is 3.23. The Bertz CT molecular complexity index is 519. The zero-order valence-electron chi connectivity index (χ0n) is 7.36. The van der Waals surface area contributed by atoms with Crippen LogP contribution in [0, 0.1) is 10.6 Å². The fourth-order valence-electron chi connectivity index (χ4n) is 1.26. The van der Waals surface area contributed by atoms with Gasteiger partial charge in [0.2, 0.25) is 0 Å². The van der Waals surface area contributed by atoms with E-state index in [9.17, 15) is 4.79 Å². The molecule has 0 fully saturated rings. The average Bonchev–Trinajstić information content (AvgIpc) is 2.43. The third-order valence-corrected chi connectivity index (χ3v) is 3.27. The number of hydrogen-bond acceptors (Lipinski definition) is 2. The smallest absolute Gasteiger partial charge is 0.337 e. The van der Waals surface area contributed by atoms with Gasteiger partial charge in [-0.1, -0.05) is 0 Å². The third kappa shape index (κ3) is 1.37. The zero-order chi connectivity index (χ0) is 10.3. The Hall–Kier alpha value is -1.11. The van der Waals surface area contributed by atoms with Gasteiger partial charge in [-0.2, -0.15) is 0 Å². The van der Waals surface area contributed by atoms with Gasteiger partial charge in [0, 0.05) is 6.20 Å². The normalized spacial score (nSPS) is 10.7. The topological polar surface area (TPSA) is 54.6 Å². The molecule has 0 unspecified atom stereocenters. The summed E-state index contributed by atoms with van der Waals surface area (Å²) in [5, 5.41) is 8.81. The van der Waals surface area contributed by atoms with Gasteiger partial charge >= 0.3 is 5.97 Å². The van der Waals surface area contributed by atoms with Crippen molar-refractivity contribution in [2.45, 2.75) is 6.92 Å². The zero-order valence-corrected chi connectivity index (χ0v) is 9.52. The van der Waals surface area contributed by atoms with E-state index >= 15 is 0 Å². The fraction of sp³-hybridized carbons (Fsp3) is 0.111. The minimum Gasteiger partial charge on any atom is -0.478 e. The van der Waals surface area contributed by atoms with Crippen molar-refractivity contribution in [2.24, 2.45) is 0 Å². The molecule has 72 valence electrons. The van der Waals surface area contributed by atoms with E-state index < -0.39 is 5.97 Å². The van der Waals surface area contributed by atoms with Gasteiger partial charge in [0.05, 0.1) is 11.3 Å². The van der Waals surface area contributed by atoms with Crippen LogP contribution >= 0.6 is 22.6 Å². The Labute approximate surface area is 93.7 Å². The van der Waals surface area contributed by atoms with Gasteiger partial charge in [-0.25, -0.2) is 9.78 Å². The van der Waals surface area contributed by atoms with Crippen molar-refractivity contribution >= 4 is 34.2 Å². The molecule has 0 aromatic carbocycles. The van der Waals surface area contributed by atoms with Crippen molar-refractivity contribution in [1.29, 1.82) is 0 Å². The Kier molecular flexibility index (Phi) is 2.18. The first kappa shape index (κ1) is 9.45. The van der Waals surface area contributed by atoms with E-state index in [1.807, 2.05) is 6.92 Å². The van der Waals surface area contributed by atoms with Crippen LogP contribution in [-0.4, -0.2) is 20.5 Å². The Balaban J connectivity index is 2.76. The molecular formula is C9H7IN2O2. The van der Waals surface area contributed by atoms with Gasteiger partial charge in [0.1, 0.15) is 9.35 Å². The molecule has 2 aromatic heterocycles. The number of hydrogen-bond donors (Lipinski definition) is 1. The van der Waals surface area contributed by atoms with E-state index in [4.69, 9.17) is 5.11 Å². The number of carboxylic acids is 1. The molecule has 2 rings (SSSR count). The summed E-state index contributed by atoms with van der Waals surface area (Å²) in [6.07, 6.45) is 1.58. The molecule has 0 bridgehead atoms. The largest absolute Gasteiger partial charge is 0.478 e. The summed E-state index contributed by atoms with van der Waals surface area (Å²) in [5.74, 6) is -0.922. The first-order valence-corrected chi connectivity index (χ1v) is 5.05. The fourth-order valence-corrected chi connectivity index (χ4v) is 1.77. The molecule has 0 saturated heterocycles. The van der Waals surface area contributed by atoms with Crippen LogP contribution in [0.1, 0.15) is 16.1 Å². The van der Waals surface area contributed by atoms with Gasteiger partial charge in [-0.05, 0) is 41.6 Å². The van der Waals surface area contributed by atoms with Gasteiger partial charge < -0.3 is 5.11 Å². The van der Waals surface area contributed by atoms with Crippen molar-refractivity contribution in [1.82, 2.24) is 9.38 Å². The molecule has 0 spiro atoms. The number of fused-ring (bicyclic) bond motifs is 1. The highest BCUT2D eigenvalue weighted by molar-refractivity contribution is 14.1. The molecule has 0 saturated carbocycles. The SMILES string of the molecule is Cc1nc2ccc(C(=O)O)cn2c1I. The number of imidazole rings is 1. The van der Waals surface area contributed by atoms with Crippen LogP contribution in [0.25, 0.3) is 5.65 Å². The molecule has 1 N–H and O–H groups in total. The van der Waals surface area contributed by atoms with Crippen molar-refractivity contribution in [3.63, 3.8) is 0 Å². The monoisotopic (exact) mass is 302 g/mol. The Morgan fingerprint density at radius 2 is 2.29 bits per heavy atom. The lowest BCUT2D eigenvalue weighted by molar-refractivity contribution is 0.0696. The van der Waals surface area contributed by atoms with Crippen LogP contribution < -0.4 is 0 Å². The van der Waals surface area contributed by atoms with E-state index in [1.165, 1.54) is 0 Å². The molecule has 2 aromatic rings. The Morgan fingerprint density at radius 1 is 1.57 bits per heavy atom. The molecule has 0 atom stereocenters. The van der Waals surface area contributed by atoms with Crippen molar-refractivity contribution < 1.29 is 9.90 Å². The molecule has 0 aliphatic rings. The van der Waals surface area contributed by atoms with Crippen LogP contribution in [0.15, 0.2) is 18.3 Å². The number of rotatable bonds is 1. The molecule has 4 nitrogen and oxygen atoms in total. The maximum absolute atomic E-state index is 10.7.